The van der Waals surface area contributed by atoms with Crippen LogP contribution in [0.5, 0.6) is 5.88 Å². The molecule has 2 heterocycles. The van der Waals surface area contributed by atoms with Crippen molar-refractivity contribution in [1.29, 1.82) is 0 Å². The summed E-state index contributed by atoms with van der Waals surface area (Å²) in [6.45, 7) is 2.60. The van der Waals surface area contributed by atoms with Crippen molar-refractivity contribution in [3.63, 3.8) is 0 Å². The molecule has 0 saturated carbocycles. The maximum atomic E-state index is 10.1. The number of aryl methyl sites for hydroxylation is 1. The molecule has 1 aromatic carbocycles. The molecule has 0 saturated heterocycles. The monoisotopic (exact) mass is 302 g/mol. The predicted molar refractivity (Wildman–Crippen MR) is 81.5 cm³/mol. The van der Waals surface area contributed by atoms with Crippen LogP contribution in [0.25, 0.3) is 11.2 Å². The van der Waals surface area contributed by atoms with E-state index in [2.05, 4.69) is 15.0 Å². The molecule has 0 radical (unpaired) electrons. The molecule has 0 aliphatic carbocycles. The van der Waals surface area contributed by atoms with Crippen LogP contribution in [0.3, 0.4) is 0 Å². The van der Waals surface area contributed by atoms with Gasteiger partial charge in [-0.3, -0.25) is 0 Å². The summed E-state index contributed by atoms with van der Waals surface area (Å²) >= 11 is 5.99. The number of aromatic hydroxyl groups is 1. The molecular formula is C15H15ClN4O. The van der Waals surface area contributed by atoms with Crippen molar-refractivity contribution >= 4 is 22.8 Å². The fourth-order valence-corrected chi connectivity index (χ4v) is 2.50. The average molecular weight is 303 g/mol. The topological polar surface area (TPSA) is 63.8 Å². The molecule has 0 spiro atoms. The van der Waals surface area contributed by atoms with Gasteiger partial charge in [0.2, 0.25) is 5.88 Å². The summed E-state index contributed by atoms with van der Waals surface area (Å²) in [6, 6.07) is 7.58. The summed E-state index contributed by atoms with van der Waals surface area (Å²) in [7, 11) is 0. The normalized spacial score (nSPS) is 11.1. The summed E-state index contributed by atoms with van der Waals surface area (Å²) < 4.78 is 1.83. The fraction of sp³-hybridized carbons (Fsp3) is 0.267. The minimum Gasteiger partial charge on any atom is -0.492 e. The molecule has 0 amide bonds. The molecule has 0 bridgehead atoms. The number of nitrogens with zero attached hydrogens (tertiary/aromatic N) is 4. The van der Waals surface area contributed by atoms with Crippen LogP contribution in [0.4, 0.5) is 0 Å². The quantitative estimate of drug-likeness (QED) is 0.804. The van der Waals surface area contributed by atoms with Gasteiger partial charge in [0.05, 0.1) is 6.33 Å². The molecule has 21 heavy (non-hydrogen) atoms. The Balaban J connectivity index is 2.00. The highest BCUT2D eigenvalue weighted by Crippen LogP contribution is 2.22. The van der Waals surface area contributed by atoms with E-state index in [0.717, 1.165) is 18.4 Å². The minimum atomic E-state index is -0.0250. The Kier molecular flexibility index (Phi) is 3.75. The first-order chi connectivity index (χ1) is 10.2. The van der Waals surface area contributed by atoms with Gasteiger partial charge in [-0.15, -0.1) is 0 Å². The van der Waals surface area contributed by atoms with E-state index in [1.54, 1.807) is 6.33 Å². The Labute approximate surface area is 127 Å². The number of benzene rings is 1. The molecule has 2 aromatic heterocycles. The van der Waals surface area contributed by atoms with Gasteiger partial charge in [-0.2, -0.15) is 4.98 Å². The Hall–Kier alpha value is -2.14. The van der Waals surface area contributed by atoms with E-state index in [0.29, 0.717) is 28.6 Å². The predicted octanol–water partition coefficient (Wildman–Crippen LogP) is 3.19. The van der Waals surface area contributed by atoms with Crippen LogP contribution in [0, 0.1) is 0 Å². The second-order valence-corrected chi connectivity index (χ2v) is 5.32. The summed E-state index contributed by atoms with van der Waals surface area (Å²) in [5, 5.41) is 10.8. The van der Waals surface area contributed by atoms with Crippen molar-refractivity contribution in [3.8, 4) is 5.88 Å². The SMILES string of the molecule is CCCc1nc(O)c2c(ncn2Cc2cccc(Cl)c2)n1. The number of hydrogen-bond donors (Lipinski definition) is 1. The van der Waals surface area contributed by atoms with E-state index in [1.807, 2.05) is 35.8 Å². The van der Waals surface area contributed by atoms with Crippen LogP contribution < -0.4 is 0 Å². The zero-order valence-electron chi connectivity index (χ0n) is 11.6. The van der Waals surface area contributed by atoms with Crippen LogP contribution in [-0.2, 0) is 13.0 Å². The lowest BCUT2D eigenvalue weighted by molar-refractivity contribution is 0.452. The smallest absolute Gasteiger partial charge is 0.241 e. The van der Waals surface area contributed by atoms with Gasteiger partial charge in [0.15, 0.2) is 11.2 Å². The first kappa shape index (κ1) is 13.8. The Morgan fingerprint density at radius 3 is 2.90 bits per heavy atom. The highest BCUT2D eigenvalue weighted by molar-refractivity contribution is 6.30. The van der Waals surface area contributed by atoms with Crippen molar-refractivity contribution in [2.45, 2.75) is 26.3 Å². The Bertz CT molecular complexity index is 784. The number of halogens is 1. The van der Waals surface area contributed by atoms with Crippen LogP contribution >= 0.6 is 11.6 Å². The van der Waals surface area contributed by atoms with E-state index in [-0.39, 0.29) is 5.88 Å². The highest BCUT2D eigenvalue weighted by atomic mass is 35.5. The summed E-state index contributed by atoms with van der Waals surface area (Å²) in [5.74, 6) is 0.596. The number of aromatic nitrogens is 4. The standard InChI is InChI=1S/C15H15ClN4O/c1-2-4-12-18-14-13(15(21)19-12)20(9-17-14)8-10-5-3-6-11(16)7-10/h3,5-7,9H,2,4,8H2,1H3,(H,18,19,21). The summed E-state index contributed by atoms with van der Waals surface area (Å²) in [6.07, 6.45) is 3.31. The van der Waals surface area contributed by atoms with E-state index in [1.165, 1.54) is 0 Å². The lowest BCUT2D eigenvalue weighted by Crippen LogP contribution is -2.01. The first-order valence-corrected chi connectivity index (χ1v) is 7.20. The molecule has 0 fully saturated rings. The van der Waals surface area contributed by atoms with Crippen molar-refractivity contribution in [2.75, 3.05) is 0 Å². The Morgan fingerprint density at radius 1 is 1.29 bits per heavy atom. The molecule has 3 aromatic rings. The molecule has 0 aliphatic rings. The van der Waals surface area contributed by atoms with Gasteiger partial charge in [0.1, 0.15) is 5.82 Å². The maximum Gasteiger partial charge on any atom is 0.241 e. The molecule has 3 rings (SSSR count). The molecule has 0 atom stereocenters. The van der Waals surface area contributed by atoms with E-state index in [9.17, 15) is 5.11 Å². The van der Waals surface area contributed by atoms with Crippen molar-refractivity contribution in [1.82, 2.24) is 19.5 Å². The molecule has 6 heteroatoms. The number of imidazole rings is 1. The van der Waals surface area contributed by atoms with Gasteiger partial charge >= 0.3 is 0 Å². The van der Waals surface area contributed by atoms with Crippen LogP contribution in [0.15, 0.2) is 30.6 Å². The van der Waals surface area contributed by atoms with Gasteiger partial charge in [-0.25, -0.2) is 9.97 Å². The second kappa shape index (κ2) is 5.69. The third kappa shape index (κ3) is 2.83. The average Bonchev–Trinajstić information content (AvgIpc) is 2.83. The molecule has 0 aliphatic heterocycles. The van der Waals surface area contributed by atoms with Crippen LogP contribution in [0.1, 0.15) is 24.7 Å². The largest absolute Gasteiger partial charge is 0.492 e. The third-order valence-electron chi connectivity index (χ3n) is 3.22. The van der Waals surface area contributed by atoms with Crippen LogP contribution in [0.2, 0.25) is 5.02 Å². The minimum absolute atomic E-state index is 0.0250. The molecule has 5 nitrogen and oxygen atoms in total. The molecule has 1 N–H and O–H groups in total. The zero-order valence-corrected chi connectivity index (χ0v) is 12.4. The van der Waals surface area contributed by atoms with E-state index >= 15 is 0 Å². The lowest BCUT2D eigenvalue weighted by Gasteiger charge is -2.06. The van der Waals surface area contributed by atoms with Gasteiger partial charge in [-0.1, -0.05) is 30.7 Å². The Morgan fingerprint density at radius 2 is 2.14 bits per heavy atom. The first-order valence-electron chi connectivity index (χ1n) is 6.82. The molecule has 0 unspecified atom stereocenters. The van der Waals surface area contributed by atoms with E-state index in [4.69, 9.17) is 11.6 Å². The van der Waals surface area contributed by atoms with Crippen molar-refractivity contribution < 1.29 is 5.11 Å². The van der Waals surface area contributed by atoms with Gasteiger partial charge in [-0.05, 0) is 24.1 Å². The van der Waals surface area contributed by atoms with Gasteiger partial charge < -0.3 is 9.67 Å². The van der Waals surface area contributed by atoms with Crippen molar-refractivity contribution in [3.05, 3.63) is 47.0 Å². The molecular weight excluding hydrogens is 288 g/mol. The van der Waals surface area contributed by atoms with Crippen molar-refractivity contribution in [2.24, 2.45) is 0 Å². The van der Waals surface area contributed by atoms with Crippen LogP contribution in [-0.4, -0.2) is 24.6 Å². The number of fused-ring (bicyclic) bond motifs is 1. The zero-order chi connectivity index (χ0) is 14.8. The summed E-state index contributed by atoms with van der Waals surface area (Å²) in [4.78, 5) is 12.8. The van der Waals surface area contributed by atoms with Gasteiger partial charge in [0.25, 0.3) is 0 Å². The lowest BCUT2D eigenvalue weighted by atomic mass is 10.2. The number of hydrogen-bond acceptors (Lipinski definition) is 4. The highest BCUT2D eigenvalue weighted by Gasteiger charge is 2.13. The molecule has 108 valence electrons. The maximum absolute atomic E-state index is 10.1. The third-order valence-corrected chi connectivity index (χ3v) is 3.45. The van der Waals surface area contributed by atoms with Gasteiger partial charge in [0, 0.05) is 18.0 Å². The van der Waals surface area contributed by atoms with E-state index < -0.39 is 0 Å². The number of rotatable bonds is 4. The summed E-state index contributed by atoms with van der Waals surface area (Å²) in [5.41, 5.74) is 2.10. The second-order valence-electron chi connectivity index (χ2n) is 4.89. The fourth-order valence-electron chi connectivity index (χ4n) is 2.29.